The fourth-order valence-corrected chi connectivity index (χ4v) is 3.47. The number of hydrogen-bond donors (Lipinski definition) is 1. The van der Waals surface area contributed by atoms with Crippen LogP contribution < -0.4 is 5.32 Å². The topological polar surface area (TPSA) is 70.7 Å². The quantitative estimate of drug-likeness (QED) is 0.632. The van der Waals surface area contributed by atoms with Gasteiger partial charge in [0.25, 0.3) is 0 Å². The number of pyridine rings is 1. The van der Waals surface area contributed by atoms with E-state index in [1.54, 1.807) is 18.3 Å². The molecular formula is C20H17ClN4OS. The van der Waals surface area contributed by atoms with Crippen molar-refractivity contribution >= 4 is 35.1 Å². The van der Waals surface area contributed by atoms with Gasteiger partial charge in [-0.25, -0.2) is 4.98 Å². The van der Waals surface area contributed by atoms with Crippen molar-refractivity contribution in [2.75, 3.05) is 11.1 Å². The number of nitrogens with one attached hydrogen (secondary N) is 1. The minimum atomic E-state index is -0.206. The van der Waals surface area contributed by atoms with E-state index in [4.69, 9.17) is 11.6 Å². The van der Waals surface area contributed by atoms with Gasteiger partial charge >= 0.3 is 0 Å². The van der Waals surface area contributed by atoms with Gasteiger partial charge in [-0.2, -0.15) is 5.26 Å². The third-order valence-corrected chi connectivity index (χ3v) is 5.32. The van der Waals surface area contributed by atoms with Crippen molar-refractivity contribution in [2.45, 2.75) is 18.9 Å². The monoisotopic (exact) mass is 396 g/mol. The highest BCUT2D eigenvalue weighted by atomic mass is 35.5. The van der Waals surface area contributed by atoms with Gasteiger partial charge in [0.15, 0.2) is 0 Å². The van der Waals surface area contributed by atoms with Gasteiger partial charge in [-0.05, 0) is 43.7 Å². The average molecular weight is 397 g/mol. The molecule has 0 saturated heterocycles. The van der Waals surface area contributed by atoms with E-state index in [1.807, 2.05) is 48.7 Å². The lowest BCUT2D eigenvalue weighted by Crippen LogP contribution is -2.17. The van der Waals surface area contributed by atoms with Gasteiger partial charge in [0.05, 0.1) is 21.4 Å². The standard InChI is InChI=1S/C20H17ClN4OS/c1-13-14(2)25(16-6-4-3-5-7-16)20(17(13)10-22)24-18(26)12-27-19-9-8-15(21)11-23-19/h3-9,11H,12H2,1-2H3,(H,24,26). The number of carbonyl (C=O) groups is 1. The predicted molar refractivity (Wildman–Crippen MR) is 109 cm³/mol. The minimum absolute atomic E-state index is 0.178. The van der Waals surface area contributed by atoms with Crippen LogP contribution in [0.5, 0.6) is 0 Å². The number of amides is 1. The van der Waals surface area contributed by atoms with E-state index < -0.39 is 0 Å². The molecule has 2 aromatic heterocycles. The summed E-state index contributed by atoms with van der Waals surface area (Å²) < 4.78 is 1.90. The first-order valence-corrected chi connectivity index (χ1v) is 9.59. The van der Waals surface area contributed by atoms with E-state index in [1.165, 1.54) is 11.8 Å². The van der Waals surface area contributed by atoms with Crippen molar-refractivity contribution < 1.29 is 4.79 Å². The molecular weight excluding hydrogens is 380 g/mol. The number of hydrogen-bond acceptors (Lipinski definition) is 4. The molecule has 5 nitrogen and oxygen atoms in total. The maximum absolute atomic E-state index is 12.5. The summed E-state index contributed by atoms with van der Waals surface area (Å²) in [5.74, 6) is 0.466. The molecule has 3 aromatic rings. The Labute approximate surface area is 167 Å². The first kappa shape index (κ1) is 19.0. The molecule has 0 aliphatic rings. The smallest absolute Gasteiger partial charge is 0.235 e. The Morgan fingerprint density at radius 3 is 2.63 bits per heavy atom. The molecule has 1 amide bonds. The number of para-hydroxylation sites is 1. The van der Waals surface area contributed by atoms with Gasteiger partial charge < -0.3 is 5.32 Å². The van der Waals surface area contributed by atoms with Crippen molar-refractivity contribution in [3.05, 3.63) is 70.5 Å². The summed E-state index contributed by atoms with van der Waals surface area (Å²) in [5.41, 5.74) is 3.13. The Balaban J connectivity index is 1.85. The van der Waals surface area contributed by atoms with E-state index in [9.17, 15) is 10.1 Å². The highest BCUT2D eigenvalue weighted by Gasteiger charge is 2.20. The van der Waals surface area contributed by atoms with E-state index in [-0.39, 0.29) is 11.7 Å². The number of nitrogens with zero attached hydrogens (tertiary/aromatic N) is 3. The Morgan fingerprint density at radius 2 is 2.00 bits per heavy atom. The Kier molecular flexibility index (Phi) is 5.84. The summed E-state index contributed by atoms with van der Waals surface area (Å²) in [6.07, 6.45) is 1.54. The molecule has 0 spiro atoms. The molecule has 136 valence electrons. The van der Waals surface area contributed by atoms with Crippen LogP contribution in [-0.4, -0.2) is 21.2 Å². The van der Waals surface area contributed by atoms with Crippen LogP contribution in [0.1, 0.15) is 16.8 Å². The highest BCUT2D eigenvalue weighted by molar-refractivity contribution is 7.99. The molecule has 27 heavy (non-hydrogen) atoms. The first-order chi connectivity index (χ1) is 13.0. The lowest BCUT2D eigenvalue weighted by atomic mass is 10.2. The summed E-state index contributed by atoms with van der Waals surface area (Å²) in [6.45, 7) is 3.82. The zero-order valence-corrected chi connectivity index (χ0v) is 16.4. The van der Waals surface area contributed by atoms with Crippen molar-refractivity contribution in [1.82, 2.24) is 9.55 Å². The average Bonchev–Trinajstić information content (AvgIpc) is 2.91. The van der Waals surface area contributed by atoms with Gasteiger partial charge in [0, 0.05) is 17.6 Å². The summed E-state index contributed by atoms with van der Waals surface area (Å²) in [6, 6.07) is 15.4. The Bertz CT molecular complexity index is 1010. The molecule has 0 unspecified atom stereocenters. The number of halogens is 1. The van der Waals surface area contributed by atoms with Crippen molar-refractivity contribution in [3.8, 4) is 11.8 Å². The van der Waals surface area contributed by atoms with Crippen molar-refractivity contribution in [2.24, 2.45) is 0 Å². The van der Waals surface area contributed by atoms with Gasteiger partial charge in [0.1, 0.15) is 11.9 Å². The third-order valence-electron chi connectivity index (χ3n) is 4.15. The van der Waals surface area contributed by atoms with E-state index in [0.29, 0.717) is 21.4 Å². The molecule has 0 atom stereocenters. The van der Waals surface area contributed by atoms with Crippen LogP contribution in [0.4, 0.5) is 5.82 Å². The normalized spacial score (nSPS) is 10.4. The molecule has 2 heterocycles. The summed E-state index contributed by atoms with van der Waals surface area (Å²) in [4.78, 5) is 16.7. The van der Waals surface area contributed by atoms with Gasteiger partial charge in [0.2, 0.25) is 5.91 Å². The Morgan fingerprint density at radius 1 is 1.26 bits per heavy atom. The second-order valence-electron chi connectivity index (χ2n) is 5.87. The molecule has 1 N–H and O–H groups in total. The highest BCUT2D eigenvalue weighted by Crippen LogP contribution is 2.30. The SMILES string of the molecule is Cc1c(C#N)c(NC(=O)CSc2ccc(Cl)cn2)n(-c2ccccc2)c1C. The van der Waals surface area contributed by atoms with E-state index in [2.05, 4.69) is 16.4 Å². The summed E-state index contributed by atoms with van der Waals surface area (Å²) >= 11 is 7.13. The molecule has 0 saturated carbocycles. The second-order valence-corrected chi connectivity index (χ2v) is 7.30. The van der Waals surface area contributed by atoms with Crippen LogP contribution in [0.2, 0.25) is 5.02 Å². The molecule has 0 bridgehead atoms. The number of thioether (sulfide) groups is 1. The van der Waals surface area contributed by atoms with E-state index >= 15 is 0 Å². The lowest BCUT2D eigenvalue weighted by Gasteiger charge is -2.13. The molecule has 3 rings (SSSR count). The minimum Gasteiger partial charge on any atom is -0.310 e. The number of aromatic nitrogens is 2. The van der Waals surface area contributed by atoms with Crippen LogP contribution in [0.15, 0.2) is 53.7 Å². The first-order valence-electron chi connectivity index (χ1n) is 8.23. The summed E-state index contributed by atoms with van der Waals surface area (Å²) in [7, 11) is 0. The van der Waals surface area contributed by atoms with Gasteiger partial charge in [-0.3, -0.25) is 9.36 Å². The molecule has 0 aliphatic carbocycles. The van der Waals surface area contributed by atoms with E-state index in [0.717, 1.165) is 16.9 Å². The predicted octanol–water partition coefficient (Wildman–Crippen LogP) is 4.75. The maximum atomic E-state index is 12.5. The number of rotatable bonds is 5. The lowest BCUT2D eigenvalue weighted by molar-refractivity contribution is -0.113. The van der Waals surface area contributed by atoms with Gasteiger partial charge in [-0.1, -0.05) is 41.6 Å². The van der Waals surface area contributed by atoms with Gasteiger partial charge in [-0.15, -0.1) is 0 Å². The van der Waals surface area contributed by atoms with Crippen molar-refractivity contribution in [3.63, 3.8) is 0 Å². The molecule has 1 aromatic carbocycles. The summed E-state index contributed by atoms with van der Waals surface area (Å²) in [5, 5.41) is 13.7. The van der Waals surface area contributed by atoms with Crippen LogP contribution in [-0.2, 0) is 4.79 Å². The number of benzene rings is 1. The van der Waals surface area contributed by atoms with Crippen LogP contribution in [0, 0.1) is 25.2 Å². The number of nitriles is 1. The zero-order chi connectivity index (χ0) is 19.4. The maximum Gasteiger partial charge on any atom is 0.235 e. The fourth-order valence-electron chi connectivity index (χ4n) is 2.72. The van der Waals surface area contributed by atoms with Crippen LogP contribution in [0.3, 0.4) is 0 Å². The fraction of sp³-hybridized carbons (Fsp3) is 0.150. The molecule has 0 aliphatic heterocycles. The number of carbonyl (C=O) groups excluding carboxylic acids is 1. The largest absolute Gasteiger partial charge is 0.310 e. The Hall–Kier alpha value is -2.75. The molecule has 0 radical (unpaired) electrons. The second kappa shape index (κ2) is 8.30. The van der Waals surface area contributed by atoms with Crippen LogP contribution in [0.25, 0.3) is 5.69 Å². The van der Waals surface area contributed by atoms with Crippen molar-refractivity contribution in [1.29, 1.82) is 5.26 Å². The zero-order valence-electron chi connectivity index (χ0n) is 14.9. The molecule has 7 heteroatoms. The number of anilines is 1. The van der Waals surface area contributed by atoms with Crippen LogP contribution >= 0.6 is 23.4 Å². The molecule has 0 fully saturated rings. The third kappa shape index (κ3) is 4.16.